The van der Waals surface area contributed by atoms with Gasteiger partial charge in [-0.05, 0) is 20.3 Å². The zero-order valence-electron chi connectivity index (χ0n) is 9.54. The van der Waals surface area contributed by atoms with E-state index in [0.29, 0.717) is 18.8 Å². The van der Waals surface area contributed by atoms with Crippen molar-refractivity contribution in [2.24, 2.45) is 5.73 Å². The Morgan fingerprint density at radius 3 is 2.00 bits per heavy atom. The van der Waals surface area contributed by atoms with E-state index in [-0.39, 0.29) is 5.97 Å². The maximum atomic E-state index is 10.6. The molecule has 0 unspecified atom stereocenters. The standard InChI is InChI=1S/C7H12O2.C3H7NO2/c1-4-5-9-7(8)6(2)3;1-2-6-3(4)5/h2,4-5H2,1,3H3;2H2,1H3,(H2,4,5). The van der Waals surface area contributed by atoms with E-state index in [0.717, 1.165) is 6.42 Å². The van der Waals surface area contributed by atoms with Crippen molar-refractivity contribution in [3.8, 4) is 0 Å². The molecule has 0 saturated carbocycles. The molecule has 0 aromatic carbocycles. The molecular weight excluding hydrogens is 198 g/mol. The number of ether oxygens (including phenoxy) is 2. The number of hydrogen-bond acceptors (Lipinski definition) is 4. The smallest absolute Gasteiger partial charge is 0.404 e. The van der Waals surface area contributed by atoms with Gasteiger partial charge in [0.25, 0.3) is 0 Å². The molecule has 0 atom stereocenters. The van der Waals surface area contributed by atoms with Gasteiger partial charge in [-0.15, -0.1) is 0 Å². The Bertz CT molecular complexity index is 213. The minimum Gasteiger partial charge on any atom is -0.462 e. The molecule has 0 aliphatic heterocycles. The van der Waals surface area contributed by atoms with Gasteiger partial charge in [0.05, 0.1) is 13.2 Å². The summed E-state index contributed by atoms with van der Waals surface area (Å²) in [6.07, 6.45) is 0.149. The number of carbonyl (C=O) groups is 2. The van der Waals surface area contributed by atoms with Crippen molar-refractivity contribution < 1.29 is 19.1 Å². The second kappa shape index (κ2) is 10.6. The third-order valence-electron chi connectivity index (χ3n) is 1.07. The van der Waals surface area contributed by atoms with Crippen LogP contribution >= 0.6 is 0 Å². The summed E-state index contributed by atoms with van der Waals surface area (Å²) in [6.45, 7) is 9.57. The van der Waals surface area contributed by atoms with Gasteiger partial charge < -0.3 is 15.2 Å². The SMILES string of the molecule is C=C(C)C(=O)OCCC.CCOC(N)=O. The van der Waals surface area contributed by atoms with E-state index >= 15 is 0 Å². The van der Waals surface area contributed by atoms with Gasteiger partial charge in [-0.3, -0.25) is 0 Å². The van der Waals surface area contributed by atoms with Crippen molar-refractivity contribution in [1.29, 1.82) is 0 Å². The quantitative estimate of drug-likeness (QED) is 0.573. The molecule has 0 bridgehead atoms. The minimum atomic E-state index is -0.711. The highest BCUT2D eigenvalue weighted by atomic mass is 16.5. The van der Waals surface area contributed by atoms with Crippen LogP contribution < -0.4 is 5.73 Å². The lowest BCUT2D eigenvalue weighted by atomic mass is 10.4. The normalized spacial score (nSPS) is 8.20. The van der Waals surface area contributed by atoms with Gasteiger partial charge in [-0.2, -0.15) is 0 Å². The lowest BCUT2D eigenvalue weighted by Gasteiger charge is -1.99. The van der Waals surface area contributed by atoms with Gasteiger partial charge >= 0.3 is 12.1 Å². The number of hydrogen-bond donors (Lipinski definition) is 1. The first-order valence-corrected chi connectivity index (χ1v) is 4.70. The Labute approximate surface area is 90.2 Å². The largest absolute Gasteiger partial charge is 0.462 e. The molecule has 0 aliphatic rings. The number of amides is 1. The average Bonchev–Trinajstić information content (AvgIpc) is 2.14. The maximum absolute atomic E-state index is 10.6. The Morgan fingerprint density at radius 2 is 1.80 bits per heavy atom. The van der Waals surface area contributed by atoms with Crippen LogP contribution in [0.5, 0.6) is 0 Å². The van der Waals surface area contributed by atoms with E-state index < -0.39 is 6.09 Å². The predicted octanol–water partition coefficient (Wildman–Crippen LogP) is 1.62. The van der Waals surface area contributed by atoms with Gasteiger partial charge in [0.15, 0.2) is 0 Å². The maximum Gasteiger partial charge on any atom is 0.404 e. The van der Waals surface area contributed by atoms with Gasteiger partial charge in [0.2, 0.25) is 0 Å². The molecule has 0 aliphatic carbocycles. The lowest BCUT2D eigenvalue weighted by molar-refractivity contribution is -0.138. The van der Waals surface area contributed by atoms with Crippen LogP contribution in [-0.2, 0) is 14.3 Å². The molecule has 0 fully saturated rings. The van der Waals surface area contributed by atoms with Crippen molar-refractivity contribution in [1.82, 2.24) is 0 Å². The molecule has 0 radical (unpaired) electrons. The molecule has 5 heteroatoms. The van der Waals surface area contributed by atoms with Crippen LogP contribution in [0.1, 0.15) is 27.2 Å². The fraction of sp³-hybridized carbons (Fsp3) is 0.600. The fourth-order valence-corrected chi connectivity index (χ4v) is 0.460. The molecule has 0 rings (SSSR count). The van der Waals surface area contributed by atoms with Crippen molar-refractivity contribution in [3.05, 3.63) is 12.2 Å². The van der Waals surface area contributed by atoms with Gasteiger partial charge in [0.1, 0.15) is 0 Å². The van der Waals surface area contributed by atoms with Crippen molar-refractivity contribution in [3.63, 3.8) is 0 Å². The van der Waals surface area contributed by atoms with Crippen LogP contribution in [0.4, 0.5) is 4.79 Å². The van der Waals surface area contributed by atoms with Crippen LogP contribution in [-0.4, -0.2) is 25.3 Å². The second-order valence-electron chi connectivity index (χ2n) is 2.67. The summed E-state index contributed by atoms with van der Waals surface area (Å²) in [5.41, 5.74) is 5.00. The Morgan fingerprint density at radius 1 is 1.27 bits per heavy atom. The first-order chi connectivity index (χ1) is 6.95. The first kappa shape index (κ1) is 15.9. The Hall–Kier alpha value is -1.52. The molecule has 15 heavy (non-hydrogen) atoms. The number of rotatable bonds is 4. The lowest BCUT2D eigenvalue weighted by Crippen LogP contribution is -2.11. The zero-order valence-corrected chi connectivity index (χ0v) is 9.54. The van der Waals surface area contributed by atoms with E-state index in [4.69, 9.17) is 4.74 Å². The molecule has 0 aromatic heterocycles. The van der Waals surface area contributed by atoms with Crippen LogP contribution in [0.3, 0.4) is 0 Å². The summed E-state index contributed by atoms with van der Waals surface area (Å²) in [6, 6.07) is 0. The Balaban J connectivity index is 0. The molecule has 88 valence electrons. The van der Waals surface area contributed by atoms with Crippen LogP contribution in [0.2, 0.25) is 0 Å². The molecule has 0 heterocycles. The molecule has 0 aromatic rings. The van der Waals surface area contributed by atoms with E-state index in [1.54, 1.807) is 13.8 Å². The highest BCUT2D eigenvalue weighted by Crippen LogP contribution is 1.91. The summed E-state index contributed by atoms with van der Waals surface area (Å²) < 4.78 is 8.89. The third kappa shape index (κ3) is 15.3. The molecule has 5 nitrogen and oxygen atoms in total. The monoisotopic (exact) mass is 217 g/mol. The van der Waals surface area contributed by atoms with E-state index in [2.05, 4.69) is 17.0 Å². The topological polar surface area (TPSA) is 78.6 Å². The predicted molar refractivity (Wildman–Crippen MR) is 57.3 cm³/mol. The zero-order chi connectivity index (χ0) is 12.3. The summed E-state index contributed by atoms with van der Waals surface area (Å²) >= 11 is 0. The average molecular weight is 217 g/mol. The van der Waals surface area contributed by atoms with Gasteiger partial charge in [-0.25, -0.2) is 9.59 Å². The molecule has 0 spiro atoms. The molecular formula is C10H19NO4. The van der Waals surface area contributed by atoms with Gasteiger partial charge in [0, 0.05) is 5.57 Å². The second-order valence-corrected chi connectivity index (χ2v) is 2.67. The summed E-state index contributed by atoms with van der Waals surface area (Å²) in [4.78, 5) is 20.2. The van der Waals surface area contributed by atoms with E-state index in [9.17, 15) is 9.59 Å². The molecule has 2 N–H and O–H groups in total. The van der Waals surface area contributed by atoms with Crippen molar-refractivity contribution in [2.45, 2.75) is 27.2 Å². The van der Waals surface area contributed by atoms with E-state index in [1.807, 2.05) is 6.92 Å². The fourth-order valence-electron chi connectivity index (χ4n) is 0.460. The number of nitrogens with two attached hydrogens (primary N) is 1. The highest BCUT2D eigenvalue weighted by Gasteiger charge is 1.99. The summed E-state index contributed by atoms with van der Waals surface area (Å²) in [5, 5.41) is 0. The van der Waals surface area contributed by atoms with Crippen LogP contribution in [0.25, 0.3) is 0 Å². The van der Waals surface area contributed by atoms with Crippen molar-refractivity contribution in [2.75, 3.05) is 13.2 Å². The van der Waals surface area contributed by atoms with Crippen molar-refractivity contribution >= 4 is 12.1 Å². The minimum absolute atomic E-state index is 0.295. The molecule has 1 amide bonds. The molecule has 0 saturated heterocycles. The first-order valence-electron chi connectivity index (χ1n) is 4.70. The number of carbonyl (C=O) groups excluding carboxylic acids is 2. The van der Waals surface area contributed by atoms with Crippen LogP contribution in [0.15, 0.2) is 12.2 Å². The van der Waals surface area contributed by atoms with Gasteiger partial charge in [-0.1, -0.05) is 13.5 Å². The van der Waals surface area contributed by atoms with E-state index in [1.165, 1.54) is 0 Å². The highest BCUT2D eigenvalue weighted by molar-refractivity contribution is 5.86. The summed E-state index contributed by atoms with van der Waals surface area (Å²) in [7, 11) is 0. The van der Waals surface area contributed by atoms with Crippen LogP contribution in [0, 0.1) is 0 Å². The third-order valence-corrected chi connectivity index (χ3v) is 1.07. The number of esters is 1. The summed E-state index contributed by atoms with van der Waals surface area (Å²) in [5.74, 6) is -0.295. The Kier molecular flexibility index (Phi) is 11.2. The number of primary amides is 1.